The predicted octanol–water partition coefficient (Wildman–Crippen LogP) is 6.12. The van der Waals surface area contributed by atoms with Crippen LogP contribution in [0.4, 0.5) is 0 Å². The number of fused-ring (bicyclic) bond motifs is 3. The van der Waals surface area contributed by atoms with Gasteiger partial charge in [-0.25, -0.2) is 4.79 Å². The Bertz CT molecular complexity index is 1910. The third kappa shape index (κ3) is 5.70. The Kier molecular flexibility index (Phi) is 8.22. The van der Waals surface area contributed by atoms with Crippen LogP contribution in [0.5, 0.6) is 46.0 Å². The maximum atomic E-state index is 13.1. The third-order valence-electron chi connectivity index (χ3n) is 9.23. The van der Waals surface area contributed by atoms with E-state index in [2.05, 4.69) is 11.9 Å². The van der Waals surface area contributed by atoms with Gasteiger partial charge in [0.25, 0.3) is 5.91 Å². The SMILES string of the molecule is COc1ccc(C(=O)O)cc1Oc1ccc(CC2c3c(cc4c(c3Oc3cc5c(cc3OC)CCN(C)C5=O)OCO4)CCN2C)cc1. The average Bonchev–Trinajstić information content (AvgIpc) is 3.57. The first kappa shape index (κ1) is 31.2. The number of methoxy groups -OCH3 is 2. The smallest absolute Gasteiger partial charge is 0.335 e. The first-order valence-corrected chi connectivity index (χ1v) is 15.7. The van der Waals surface area contributed by atoms with Crippen LogP contribution in [0.3, 0.4) is 0 Å². The van der Waals surface area contributed by atoms with Gasteiger partial charge in [0.2, 0.25) is 12.5 Å². The molecule has 1 unspecified atom stereocenters. The van der Waals surface area contributed by atoms with E-state index in [0.717, 1.165) is 41.6 Å². The van der Waals surface area contributed by atoms with Crippen LogP contribution in [0, 0.1) is 0 Å². The van der Waals surface area contributed by atoms with Crippen molar-refractivity contribution in [1.29, 1.82) is 0 Å². The summed E-state index contributed by atoms with van der Waals surface area (Å²) in [5.74, 6) is 2.87. The fraction of sp³-hybridized carbons (Fsp3) is 0.297. The lowest BCUT2D eigenvalue weighted by atomic mass is 9.87. The average molecular weight is 653 g/mol. The molecular weight excluding hydrogens is 616 g/mol. The number of carboxylic acid groups (broad SMARTS) is 1. The molecule has 1 atom stereocenters. The standard InChI is InChI=1S/C37H36N2O9/c1-38-13-12-23-17-32-34(46-20-45-32)35(48-31-19-26-22(16-29(31)44-4)11-14-39(2)36(26)40)33(23)27(38)15-21-5-8-25(9-6-21)47-30-18-24(37(41)42)7-10-28(30)43-3/h5-10,16-19,27H,11-15,20H2,1-4H3,(H,41,42). The molecule has 0 aliphatic carbocycles. The van der Waals surface area contributed by atoms with Crippen molar-refractivity contribution in [1.82, 2.24) is 9.80 Å². The number of ether oxygens (including phenoxy) is 6. The summed E-state index contributed by atoms with van der Waals surface area (Å²) in [7, 11) is 7.00. The van der Waals surface area contributed by atoms with Crippen LogP contribution in [0.1, 0.15) is 49.0 Å². The molecule has 0 saturated carbocycles. The monoisotopic (exact) mass is 652 g/mol. The van der Waals surface area contributed by atoms with Crippen LogP contribution in [0.15, 0.2) is 60.7 Å². The maximum absolute atomic E-state index is 13.1. The molecule has 3 aliphatic heterocycles. The summed E-state index contributed by atoms with van der Waals surface area (Å²) in [5.41, 5.74) is 4.79. The van der Waals surface area contributed by atoms with E-state index in [1.807, 2.05) is 36.4 Å². The van der Waals surface area contributed by atoms with E-state index < -0.39 is 5.97 Å². The number of hydrogen-bond donors (Lipinski definition) is 1. The van der Waals surface area contributed by atoms with Crippen molar-refractivity contribution in [2.45, 2.75) is 25.3 Å². The van der Waals surface area contributed by atoms with Crippen molar-refractivity contribution in [2.75, 3.05) is 48.2 Å². The molecule has 4 aromatic carbocycles. The summed E-state index contributed by atoms with van der Waals surface area (Å²) in [5, 5.41) is 9.42. The van der Waals surface area contributed by atoms with Gasteiger partial charge >= 0.3 is 5.97 Å². The molecular formula is C37H36N2O9. The Labute approximate surface area is 278 Å². The fourth-order valence-electron chi connectivity index (χ4n) is 6.57. The molecule has 0 aromatic heterocycles. The summed E-state index contributed by atoms with van der Waals surface area (Å²) in [6, 6.07) is 17.8. The van der Waals surface area contributed by atoms with E-state index in [1.165, 1.54) is 19.2 Å². The number of benzene rings is 4. The van der Waals surface area contributed by atoms with E-state index in [9.17, 15) is 14.7 Å². The Morgan fingerprint density at radius 2 is 1.60 bits per heavy atom. The molecule has 0 bridgehead atoms. The second kappa shape index (κ2) is 12.6. The number of hydrogen-bond acceptors (Lipinski definition) is 9. The quantitative estimate of drug-likeness (QED) is 0.227. The van der Waals surface area contributed by atoms with Gasteiger partial charge < -0.3 is 38.4 Å². The number of rotatable bonds is 9. The Balaban J connectivity index is 1.22. The van der Waals surface area contributed by atoms with Crippen LogP contribution in [-0.4, -0.2) is 75.0 Å². The van der Waals surface area contributed by atoms with E-state index in [1.54, 1.807) is 31.2 Å². The van der Waals surface area contributed by atoms with Gasteiger partial charge in [0, 0.05) is 37.3 Å². The van der Waals surface area contributed by atoms with Crippen molar-refractivity contribution in [2.24, 2.45) is 0 Å². The number of nitrogens with zero attached hydrogens (tertiary/aromatic N) is 2. The van der Waals surface area contributed by atoms with Gasteiger partial charge in [-0.3, -0.25) is 9.69 Å². The van der Waals surface area contributed by atoms with Crippen molar-refractivity contribution in [3.05, 3.63) is 94.0 Å². The third-order valence-corrected chi connectivity index (χ3v) is 9.23. The van der Waals surface area contributed by atoms with E-state index in [-0.39, 0.29) is 24.3 Å². The zero-order valence-electron chi connectivity index (χ0n) is 27.2. The zero-order chi connectivity index (χ0) is 33.5. The Morgan fingerprint density at radius 3 is 2.35 bits per heavy atom. The van der Waals surface area contributed by atoms with E-state index in [0.29, 0.717) is 64.5 Å². The Morgan fingerprint density at radius 1 is 0.854 bits per heavy atom. The van der Waals surface area contributed by atoms with Crippen LogP contribution < -0.4 is 28.4 Å². The summed E-state index contributed by atoms with van der Waals surface area (Å²) in [4.78, 5) is 28.6. The van der Waals surface area contributed by atoms with Gasteiger partial charge in [0.05, 0.1) is 19.8 Å². The van der Waals surface area contributed by atoms with Crippen molar-refractivity contribution >= 4 is 11.9 Å². The topological polar surface area (TPSA) is 116 Å². The van der Waals surface area contributed by atoms with Gasteiger partial charge in [-0.1, -0.05) is 12.1 Å². The number of aromatic carboxylic acids is 1. The van der Waals surface area contributed by atoms with Crippen LogP contribution in [0.2, 0.25) is 0 Å². The minimum Gasteiger partial charge on any atom is -0.493 e. The molecule has 248 valence electrons. The van der Waals surface area contributed by atoms with E-state index >= 15 is 0 Å². The summed E-state index contributed by atoms with van der Waals surface area (Å²) >= 11 is 0. The molecule has 11 nitrogen and oxygen atoms in total. The minimum absolute atomic E-state index is 0.0540. The molecule has 4 aromatic rings. The summed E-state index contributed by atoms with van der Waals surface area (Å²) in [6.45, 7) is 1.56. The maximum Gasteiger partial charge on any atom is 0.335 e. The second-order valence-corrected chi connectivity index (χ2v) is 12.1. The van der Waals surface area contributed by atoms with Crippen LogP contribution in [0.25, 0.3) is 0 Å². The minimum atomic E-state index is -1.05. The highest BCUT2D eigenvalue weighted by atomic mass is 16.7. The molecule has 3 heterocycles. The van der Waals surface area contributed by atoms with Gasteiger partial charge in [-0.2, -0.15) is 0 Å². The second-order valence-electron chi connectivity index (χ2n) is 12.1. The van der Waals surface area contributed by atoms with Crippen molar-refractivity contribution in [3.63, 3.8) is 0 Å². The van der Waals surface area contributed by atoms with Crippen molar-refractivity contribution < 1.29 is 43.1 Å². The molecule has 1 amide bonds. The lowest BCUT2D eigenvalue weighted by Crippen LogP contribution is -2.34. The molecule has 1 N–H and O–H groups in total. The lowest BCUT2D eigenvalue weighted by molar-refractivity contribution is 0.0695. The van der Waals surface area contributed by atoms with Crippen LogP contribution >= 0.6 is 0 Å². The van der Waals surface area contributed by atoms with Gasteiger partial charge in [-0.15, -0.1) is 0 Å². The number of carboxylic acids is 1. The van der Waals surface area contributed by atoms with Crippen LogP contribution in [-0.2, 0) is 19.3 Å². The molecule has 3 aliphatic rings. The van der Waals surface area contributed by atoms with Crippen molar-refractivity contribution in [3.8, 4) is 46.0 Å². The first-order valence-electron chi connectivity index (χ1n) is 15.7. The molecule has 48 heavy (non-hydrogen) atoms. The van der Waals surface area contributed by atoms with Gasteiger partial charge in [-0.05, 0) is 91.5 Å². The highest BCUT2D eigenvalue weighted by Gasteiger charge is 2.35. The van der Waals surface area contributed by atoms with Gasteiger partial charge in [0.15, 0.2) is 34.5 Å². The fourth-order valence-corrected chi connectivity index (χ4v) is 6.57. The number of carbonyl (C=O) groups is 2. The molecule has 0 saturated heterocycles. The molecule has 11 heteroatoms. The Hall–Kier alpha value is -5.42. The largest absolute Gasteiger partial charge is 0.493 e. The number of likely N-dealkylation sites (N-methyl/N-ethyl adjacent to an activating group) is 2. The summed E-state index contributed by atoms with van der Waals surface area (Å²) in [6.07, 6.45) is 2.19. The van der Waals surface area contributed by atoms with E-state index in [4.69, 9.17) is 28.4 Å². The lowest BCUT2D eigenvalue weighted by Gasteiger charge is -2.36. The summed E-state index contributed by atoms with van der Waals surface area (Å²) < 4.78 is 35.7. The molecule has 0 fully saturated rings. The predicted molar refractivity (Wildman–Crippen MR) is 176 cm³/mol. The molecule has 7 rings (SSSR count). The first-order chi connectivity index (χ1) is 23.2. The zero-order valence-corrected chi connectivity index (χ0v) is 27.2. The highest BCUT2D eigenvalue weighted by molar-refractivity contribution is 5.97. The molecule has 0 radical (unpaired) electrons. The van der Waals surface area contributed by atoms with Gasteiger partial charge in [0.1, 0.15) is 5.75 Å². The number of carbonyl (C=O) groups excluding carboxylic acids is 1. The number of amides is 1. The highest BCUT2D eigenvalue weighted by Crippen LogP contribution is 2.52. The molecule has 0 spiro atoms. The normalized spacial score (nSPS) is 16.6.